The van der Waals surface area contributed by atoms with Crippen LogP contribution >= 0.6 is 23.2 Å². The molecule has 0 amide bonds. The third-order valence-electron chi connectivity index (χ3n) is 3.58. The largest absolute Gasteiger partial charge is 0.310 e. The van der Waals surface area contributed by atoms with Crippen molar-refractivity contribution in [1.82, 2.24) is 5.32 Å². The lowest BCUT2D eigenvalue weighted by atomic mass is 10.1. The van der Waals surface area contributed by atoms with Crippen molar-refractivity contribution < 1.29 is 0 Å². The quantitative estimate of drug-likeness (QED) is 0.862. The molecular weight excluding hydrogens is 241 g/mol. The van der Waals surface area contributed by atoms with Gasteiger partial charge in [-0.2, -0.15) is 0 Å². The second-order valence-corrected chi connectivity index (χ2v) is 5.75. The molecule has 1 aromatic rings. The number of rotatable bonds is 3. The van der Waals surface area contributed by atoms with Gasteiger partial charge in [0, 0.05) is 16.1 Å². The Morgan fingerprint density at radius 2 is 2.00 bits per heavy atom. The first-order valence-electron chi connectivity index (χ1n) is 5.95. The number of benzene rings is 1. The number of aryl methyl sites for hydroxylation is 1. The van der Waals surface area contributed by atoms with Crippen LogP contribution in [-0.2, 0) is 6.42 Å². The molecule has 0 spiro atoms. The predicted molar refractivity (Wildman–Crippen MR) is 68.3 cm³/mol. The van der Waals surface area contributed by atoms with Gasteiger partial charge in [-0.1, -0.05) is 23.2 Å². The van der Waals surface area contributed by atoms with Gasteiger partial charge < -0.3 is 5.32 Å². The van der Waals surface area contributed by atoms with E-state index in [9.17, 15) is 0 Å². The molecule has 1 saturated carbocycles. The fourth-order valence-corrected chi connectivity index (χ4v) is 3.18. The number of halogens is 2. The zero-order valence-electron chi connectivity index (χ0n) is 9.10. The van der Waals surface area contributed by atoms with Crippen molar-refractivity contribution in [3.63, 3.8) is 0 Å². The van der Waals surface area contributed by atoms with Gasteiger partial charge in [-0.05, 0) is 61.4 Å². The molecule has 0 aromatic heterocycles. The van der Waals surface area contributed by atoms with Crippen molar-refractivity contribution in [2.45, 2.75) is 31.7 Å². The van der Waals surface area contributed by atoms with Crippen molar-refractivity contribution >= 4 is 23.2 Å². The molecule has 16 heavy (non-hydrogen) atoms. The summed E-state index contributed by atoms with van der Waals surface area (Å²) in [6, 6.07) is 4.36. The lowest BCUT2D eigenvalue weighted by Gasteiger charge is -2.15. The van der Waals surface area contributed by atoms with Crippen LogP contribution in [0.3, 0.4) is 0 Å². The zero-order chi connectivity index (χ0) is 11.1. The molecule has 0 aliphatic heterocycles. The highest BCUT2D eigenvalue weighted by atomic mass is 35.5. The molecule has 86 valence electrons. The molecule has 0 saturated heterocycles. The highest BCUT2D eigenvalue weighted by molar-refractivity contribution is 6.35. The molecule has 3 rings (SSSR count). The first-order chi connectivity index (χ1) is 7.74. The van der Waals surface area contributed by atoms with Crippen LogP contribution in [0.2, 0.25) is 10.0 Å². The number of nitrogens with one attached hydrogen (secondary N) is 1. The Hall–Kier alpha value is -0.240. The summed E-state index contributed by atoms with van der Waals surface area (Å²) >= 11 is 12.3. The zero-order valence-corrected chi connectivity index (χ0v) is 10.6. The third-order valence-corrected chi connectivity index (χ3v) is 4.11. The maximum Gasteiger partial charge on any atom is 0.0471 e. The van der Waals surface area contributed by atoms with Crippen LogP contribution in [0.15, 0.2) is 12.1 Å². The molecule has 2 aliphatic rings. The molecule has 1 aromatic carbocycles. The van der Waals surface area contributed by atoms with Gasteiger partial charge >= 0.3 is 0 Å². The summed E-state index contributed by atoms with van der Waals surface area (Å²) in [5.41, 5.74) is 2.61. The second-order valence-electron chi connectivity index (χ2n) is 4.90. The first kappa shape index (κ1) is 10.9. The second kappa shape index (κ2) is 4.21. The highest BCUT2D eigenvalue weighted by Gasteiger charge is 2.28. The van der Waals surface area contributed by atoms with Gasteiger partial charge in [0.15, 0.2) is 0 Å². The Morgan fingerprint density at radius 3 is 2.75 bits per heavy atom. The Morgan fingerprint density at radius 1 is 1.19 bits per heavy atom. The van der Waals surface area contributed by atoms with E-state index in [1.165, 1.54) is 24.0 Å². The van der Waals surface area contributed by atoms with E-state index in [0.717, 1.165) is 35.3 Å². The summed E-state index contributed by atoms with van der Waals surface area (Å²) in [4.78, 5) is 0. The van der Waals surface area contributed by atoms with Gasteiger partial charge in [0.1, 0.15) is 0 Å². The Kier molecular flexibility index (Phi) is 2.87. The van der Waals surface area contributed by atoms with Crippen molar-refractivity contribution in [3.8, 4) is 0 Å². The molecule has 1 nitrogen and oxygen atoms in total. The van der Waals surface area contributed by atoms with E-state index in [-0.39, 0.29) is 0 Å². The van der Waals surface area contributed by atoms with E-state index < -0.39 is 0 Å². The lowest BCUT2D eigenvalue weighted by molar-refractivity contribution is 0.512. The van der Waals surface area contributed by atoms with Crippen LogP contribution in [-0.4, -0.2) is 6.54 Å². The molecule has 0 bridgehead atoms. The van der Waals surface area contributed by atoms with Crippen molar-refractivity contribution in [3.05, 3.63) is 33.3 Å². The highest BCUT2D eigenvalue weighted by Crippen LogP contribution is 2.39. The minimum atomic E-state index is 0.445. The fourth-order valence-electron chi connectivity index (χ4n) is 2.51. The fraction of sp³-hybridized carbons (Fsp3) is 0.538. The Labute approximate surface area is 106 Å². The minimum absolute atomic E-state index is 0.445. The predicted octanol–water partition coefficient (Wildman–Crippen LogP) is 3.98. The molecule has 1 fully saturated rings. The van der Waals surface area contributed by atoms with Gasteiger partial charge in [-0.3, -0.25) is 0 Å². The molecule has 0 radical (unpaired) electrons. The van der Waals surface area contributed by atoms with Gasteiger partial charge in [-0.25, -0.2) is 0 Å². The normalized spacial score (nSPS) is 23.5. The number of hydrogen-bond donors (Lipinski definition) is 1. The summed E-state index contributed by atoms with van der Waals surface area (Å²) in [5, 5.41) is 5.22. The van der Waals surface area contributed by atoms with Crippen LogP contribution in [0.4, 0.5) is 0 Å². The summed E-state index contributed by atoms with van der Waals surface area (Å²) in [6.07, 6.45) is 5.03. The van der Waals surface area contributed by atoms with Gasteiger partial charge in [0.2, 0.25) is 0 Å². The minimum Gasteiger partial charge on any atom is -0.310 e. The van der Waals surface area contributed by atoms with E-state index in [4.69, 9.17) is 23.2 Å². The van der Waals surface area contributed by atoms with Gasteiger partial charge in [-0.15, -0.1) is 0 Å². The number of fused-ring (bicyclic) bond motifs is 1. The summed E-state index contributed by atoms with van der Waals surface area (Å²) < 4.78 is 0. The van der Waals surface area contributed by atoms with Crippen molar-refractivity contribution in [2.24, 2.45) is 5.92 Å². The van der Waals surface area contributed by atoms with Crippen molar-refractivity contribution in [2.75, 3.05) is 6.54 Å². The lowest BCUT2D eigenvalue weighted by Crippen LogP contribution is -2.21. The average Bonchev–Trinajstić information content (AvgIpc) is 2.96. The number of hydrogen-bond acceptors (Lipinski definition) is 1. The summed E-state index contributed by atoms with van der Waals surface area (Å²) in [7, 11) is 0. The van der Waals surface area contributed by atoms with E-state index >= 15 is 0 Å². The average molecular weight is 256 g/mol. The van der Waals surface area contributed by atoms with Crippen LogP contribution in [0.5, 0.6) is 0 Å². The molecule has 0 heterocycles. The monoisotopic (exact) mass is 255 g/mol. The molecular formula is C13H15Cl2N. The van der Waals surface area contributed by atoms with E-state index in [0.29, 0.717) is 6.04 Å². The van der Waals surface area contributed by atoms with Crippen LogP contribution in [0, 0.1) is 5.92 Å². The SMILES string of the molecule is Clc1cc(Cl)c2c(c1)CCC2NCC1CC1. The third kappa shape index (κ3) is 2.09. The smallest absolute Gasteiger partial charge is 0.0471 e. The molecule has 1 atom stereocenters. The topological polar surface area (TPSA) is 12.0 Å². The molecule has 1 unspecified atom stereocenters. The van der Waals surface area contributed by atoms with Gasteiger partial charge in [0.05, 0.1) is 0 Å². The van der Waals surface area contributed by atoms with E-state index in [1.54, 1.807) is 0 Å². The van der Waals surface area contributed by atoms with E-state index in [1.807, 2.05) is 6.07 Å². The maximum atomic E-state index is 6.28. The van der Waals surface area contributed by atoms with Crippen LogP contribution in [0.1, 0.15) is 36.4 Å². The molecule has 3 heteroatoms. The van der Waals surface area contributed by atoms with Crippen LogP contribution in [0.25, 0.3) is 0 Å². The van der Waals surface area contributed by atoms with E-state index in [2.05, 4.69) is 11.4 Å². The molecule has 2 aliphatic carbocycles. The maximum absolute atomic E-state index is 6.28. The van der Waals surface area contributed by atoms with Crippen LogP contribution < -0.4 is 5.32 Å². The summed E-state index contributed by atoms with van der Waals surface area (Å²) in [6.45, 7) is 1.14. The molecule has 1 N–H and O–H groups in total. The first-order valence-corrected chi connectivity index (χ1v) is 6.71. The van der Waals surface area contributed by atoms with Crippen molar-refractivity contribution in [1.29, 1.82) is 0 Å². The Bertz CT molecular complexity index is 413. The Balaban J connectivity index is 1.80. The standard InChI is InChI=1S/C13H15Cl2N/c14-10-5-9-3-4-12(13(9)11(15)6-10)16-7-8-1-2-8/h5-6,8,12,16H,1-4,7H2. The van der Waals surface area contributed by atoms with Gasteiger partial charge in [0.25, 0.3) is 0 Å². The summed E-state index contributed by atoms with van der Waals surface area (Å²) in [5.74, 6) is 0.912.